The number of alkyl halides is 2. The van der Waals surface area contributed by atoms with E-state index in [4.69, 9.17) is 5.11 Å². The molecule has 1 fully saturated rings. The van der Waals surface area contributed by atoms with Gasteiger partial charge in [0.05, 0.1) is 6.42 Å². The average Bonchev–Trinajstić information content (AvgIpc) is 2.40. The maximum Gasteiger partial charge on any atom is 0.307 e. The number of halogens is 2. The van der Waals surface area contributed by atoms with Crippen molar-refractivity contribution in [2.24, 2.45) is 5.92 Å². The topological polar surface area (TPSA) is 66.4 Å². The molecule has 0 radical (unpaired) electrons. The fraction of sp³-hybridized carbons (Fsp3) is 0.467. The lowest BCUT2D eigenvalue weighted by Crippen LogP contribution is -2.32. The van der Waals surface area contributed by atoms with Crippen molar-refractivity contribution in [1.29, 1.82) is 0 Å². The van der Waals surface area contributed by atoms with E-state index in [0.717, 1.165) is 0 Å². The van der Waals surface area contributed by atoms with Crippen molar-refractivity contribution in [1.82, 2.24) is 0 Å². The van der Waals surface area contributed by atoms with Crippen molar-refractivity contribution >= 4 is 17.6 Å². The fourth-order valence-electron chi connectivity index (χ4n) is 2.50. The van der Waals surface area contributed by atoms with E-state index in [2.05, 4.69) is 5.32 Å². The Morgan fingerprint density at radius 1 is 1.24 bits per heavy atom. The van der Waals surface area contributed by atoms with E-state index in [-0.39, 0.29) is 38.0 Å². The Bertz CT molecular complexity index is 535. The second-order valence-corrected chi connectivity index (χ2v) is 5.35. The Kier molecular flexibility index (Phi) is 4.55. The Morgan fingerprint density at radius 2 is 1.86 bits per heavy atom. The van der Waals surface area contributed by atoms with Gasteiger partial charge in [-0.1, -0.05) is 18.2 Å². The van der Waals surface area contributed by atoms with E-state index in [1.807, 2.05) is 0 Å². The molecule has 114 valence electrons. The summed E-state index contributed by atoms with van der Waals surface area (Å²) < 4.78 is 26.2. The molecule has 0 atom stereocenters. The third kappa shape index (κ3) is 4.24. The highest BCUT2D eigenvalue weighted by atomic mass is 19.3. The lowest BCUT2D eigenvalue weighted by Gasteiger charge is -2.27. The standard InChI is InChI=1S/C15H17F2NO3/c16-15(17)7-5-10(6-8-15)14(21)18-12-4-2-1-3-11(12)9-13(19)20/h1-4,10H,5-9H2,(H,18,21)(H,19,20). The Labute approximate surface area is 121 Å². The zero-order valence-corrected chi connectivity index (χ0v) is 11.4. The van der Waals surface area contributed by atoms with E-state index in [1.165, 1.54) is 0 Å². The maximum absolute atomic E-state index is 13.1. The van der Waals surface area contributed by atoms with Crippen LogP contribution in [0.25, 0.3) is 0 Å². The molecule has 0 unspecified atom stereocenters. The summed E-state index contributed by atoms with van der Waals surface area (Å²) in [5, 5.41) is 11.5. The molecule has 0 aromatic heterocycles. The number of benzene rings is 1. The first-order valence-corrected chi connectivity index (χ1v) is 6.86. The van der Waals surface area contributed by atoms with Crippen LogP contribution in [-0.2, 0) is 16.0 Å². The molecule has 1 aliphatic rings. The minimum Gasteiger partial charge on any atom is -0.481 e. The zero-order valence-electron chi connectivity index (χ0n) is 11.4. The highest BCUT2D eigenvalue weighted by Crippen LogP contribution is 2.36. The number of amides is 1. The third-order valence-electron chi connectivity index (χ3n) is 3.70. The SMILES string of the molecule is O=C(O)Cc1ccccc1NC(=O)C1CCC(F)(F)CC1. The summed E-state index contributed by atoms with van der Waals surface area (Å²) in [6.07, 6.45) is -0.442. The molecule has 0 aliphatic heterocycles. The minimum absolute atomic E-state index is 0.153. The number of rotatable bonds is 4. The van der Waals surface area contributed by atoms with Crippen LogP contribution in [0.4, 0.5) is 14.5 Å². The summed E-state index contributed by atoms with van der Waals surface area (Å²) in [4.78, 5) is 22.9. The largest absolute Gasteiger partial charge is 0.481 e. The van der Waals surface area contributed by atoms with Crippen LogP contribution in [0.5, 0.6) is 0 Å². The Morgan fingerprint density at radius 3 is 2.48 bits per heavy atom. The summed E-state index contributed by atoms with van der Waals surface area (Å²) in [7, 11) is 0. The van der Waals surface area contributed by atoms with Crippen LogP contribution in [-0.4, -0.2) is 22.9 Å². The molecule has 1 aliphatic carbocycles. The fourth-order valence-corrected chi connectivity index (χ4v) is 2.50. The molecule has 2 rings (SSSR count). The lowest BCUT2D eigenvalue weighted by atomic mass is 9.86. The van der Waals surface area contributed by atoms with Gasteiger partial charge in [0.15, 0.2) is 0 Å². The first-order valence-electron chi connectivity index (χ1n) is 6.86. The van der Waals surface area contributed by atoms with Gasteiger partial charge < -0.3 is 10.4 Å². The number of hydrogen-bond acceptors (Lipinski definition) is 2. The number of nitrogens with one attached hydrogen (secondary N) is 1. The number of carboxylic acid groups (broad SMARTS) is 1. The monoisotopic (exact) mass is 297 g/mol. The number of carbonyl (C=O) groups is 2. The van der Waals surface area contributed by atoms with Gasteiger partial charge in [0, 0.05) is 24.4 Å². The highest BCUT2D eigenvalue weighted by Gasteiger charge is 2.37. The normalized spacial score (nSPS) is 18.2. The van der Waals surface area contributed by atoms with Crippen molar-refractivity contribution in [2.75, 3.05) is 5.32 Å². The summed E-state index contributed by atoms with van der Waals surface area (Å²) in [5.74, 6) is -4.42. The quantitative estimate of drug-likeness (QED) is 0.897. The Hall–Kier alpha value is -1.98. The number of aliphatic carboxylic acids is 1. The van der Waals surface area contributed by atoms with E-state index in [9.17, 15) is 18.4 Å². The molecule has 0 bridgehead atoms. The van der Waals surface area contributed by atoms with Gasteiger partial charge >= 0.3 is 5.97 Å². The van der Waals surface area contributed by atoms with Gasteiger partial charge in [-0.15, -0.1) is 0 Å². The third-order valence-corrected chi connectivity index (χ3v) is 3.70. The second kappa shape index (κ2) is 6.20. The molecule has 1 amide bonds. The van der Waals surface area contributed by atoms with Gasteiger partial charge in [-0.25, -0.2) is 8.78 Å². The van der Waals surface area contributed by atoms with Crippen LogP contribution in [0.1, 0.15) is 31.2 Å². The second-order valence-electron chi connectivity index (χ2n) is 5.35. The molecular weight excluding hydrogens is 280 g/mol. The minimum atomic E-state index is -2.67. The number of anilines is 1. The molecule has 1 aromatic carbocycles. The van der Waals surface area contributed by atoms with E-state index in [0.29, 0.717) is 11.3 Å². The first kappa shape index (κ1) is 15.4. The number of carboxylic acids is 1. The van der Waals surface area contributed by atoms with Gasteiger partial charge in [-0.05, 0) is 24.5 Å². The van der Waals surface area contributed by atoms with Crippen LogP contribution in [0.3, 0.4) is 0 Å². The van der Waals surface area contributed by atoms with Gasteiger partial charge in [0.25, 0.3) is 0 Å². The summed E-state index contributed by atoms with van der Waals surface area (Å²) in [5.41, 5.74) is 0.932. The highest BCUT2D eigenvalue weighted by molar-refractivity contribution is 5.93. The maximum atomic E-state index is 13.1. The zero-order chi connectivity index (χ0) is 15.5. The van der Waals surface area contributed by atoms with Crippen LogP contribution in [0.2, 0.25) is 0 Å². The predicted octanol–water partition coefficient (Wildman–Crippen LogP) is 3.08. The molecule has 21 heavy (non-hydrogen) atoms. The summed E-state index contributed by atoms with van der Waals surface area (Å²) in [6.45, 7) is 0. The van der Waals surface area contributed by atoms with Crippen LogP contribution in [0.15, 0.2) is 24.3 Å². The molecule has 1 saturated carbocycles. The van der Waals surface area contributed by atoms with Crippen molar-refractivity contribution in [2.45, 2.75) is 38.0 Å². The van der Waals surface area contributed by atoms with Gasteiger partial charge in [0.2, 0.25) is 11.8 Å². The van der Waals surface area contributed by atoms with Crippen molar-refractivity contribution in [3.63, 3.8) is 0 Å². The molecule has 0 spiro atoms. The predicted molar refractivity (Wildman–Crippen MR) is 73.3 cm³/mol. The van der Waals surface area contributed by atoms with Crippen molar-refractivity contribution in [3.8, 4) is 0 Å². The first-order chi connectivity index (χ1) is 9.87. The molecular formula is C15H17F2NO3. The number of carbonyl (C=O) groups excluding carboxylic acids is 1. The van der Waals surface area contributed by atoms with Crippen LogP contribution >= 0.6 is 0 Å². The number of hydrogen-bond donors (Lipinski definition) is 2. The summed E-state index contributed by atoms with van der Waals surface area (Å²) >= 11 is 0. The van der Waals surface area contributed by atoms with Gasteiger partial charge in [-0.2, -0.15) is 0 Å². The van der Waals surface area contributed by atoms with Gasteiger partial charge in [0.1, 0.15) is 0 Å². The molecule has 6 heteroatoms. The van der Waals surface area contributed by atoms with E-state index in [1.54, 1.807) is 24.3 Å². The number of para-hydroxylation sites is 1. The van der Waals surface area contributed by atoms with E-state index >= 15 is 0 Å². The average molecular weight is 297 g/mol. The Balaban J connectivity index is 2.02. The smallest absolute Gasteiger partial charge is 0.307 e. The molecule has 4 nitrogen and oxygen atoms in total. The molecule has 0 saturated heterocycles. The van der Waals surface area contributed by atoms with Gasteiger partial charge in [-0.3, -0.25) is 9.59 Å². The molecule has 1 aromatic rings. The molecule has 0 heterocycles. The van der Waals surface area contributed by atoms with Crippen LogP contribution < -0.4 is 5.32 Å². The van der Waals surface area contributed by atoms with E-state index < -0.39 is 17.8 Å². The van der Waals surface area contributed by atoms with Crippen LogP contribution in [0, 0.1) is 5.92 Å². The van der Waals surface area contributed by atoms with Crippen molar-refractivity contribution in [3.05, 3.63) is 29.8 Å². The summed E-state index contributed by atoms with van der Waals surface area (Å²) in [6, 6.07) is 6.62. The molecule has 2 N–H and O–H groups in total. The lowest BCUT2D eigenvalue weighted by molar-refractivity contribution is -0.136. The van der Waals surface area contributed by atoms with Crippen molar-refractivity contribution < 1.29 is 23.5 Å².